The Morgan fingerprint density at radius 3 is 2.38 bits per heavy atom. The Morgan fingerprint density at radius 1 is 1.03 bits per heavy atom. The molecule has 2 aromatic rings. The summed E-state index contributed by atoms with van der Waals surface area (Å²) >= 11 is 6.30. The molecule has 1 aliphatic heterocycles. The lowest BCUT2D eigenvalue weighted by Crippen LogP contribution is -2.49. The number of amides is 2. The van der Waals surface area contributed by atoms with Crippen molar-refractivity contribution in [3.05, 3.63) is 64.7 Å². The summed E-state index contributed by atoms with van der Waals surface area (Å²) in [5.41, 5.74) is 1.84. The molecule has 1 heterocycles. The minimum absolute atomic E-state index is 0.109. The smallest absolute Gasteiger partial charge is 0.254 e. The first kappa shape index (κ1) is 26.1. The molecule has 2 amide bonds. The lowest BCUT2D eigenvalue weighted by Gasteiger charge is -2.39. The Hall–Kier alpha value is -2.53. The predicted molar refractivity (Wildman–Crippen MR) is 147 cm³/mol. The molecule has 198 valence electrons. The van der Waals surface area contributed by atoms with Crippen molar-refractivity contribution in [2.45, 2.75) is 63.2 Å². The fourth-order valence-corrected chi connectivity index (χ4v) is 7.04. The number of carbonyl (C=O) groups is 2. The van der Waals surface area contributed by atoms with Gasteiger partial charge in [-0.2, -0.15) is 0 Å². The van der Waals surface area contributed by atoms with Crippen LogP contribution in [-0.2, 0) is 10.2 Å². The molecule has 1 saturated heterocycles. The topological polar surface area (TPSA) is 49.9 Å². The molecular formula is C31H39ClN2O3. The molecule has 2 aliphatic carbocycles. The van der Waals surface area contributed by atoms with Crippen LogP contribution >= 0.6 is 11.6 Å². The van der Waals surface area contributed by atoms with Crippen LogP contribution in [0, 0.1) is 11.3 Å². The zero-order chi connectivity index (χ0) is 26.0. The zero-order valence-corrected chi connectivity index (χ0v) is 22.9. The van der Waals surface area contributed by atoms with Gasteiger partial charge < -0.3 is 14.5 Å². The summed E-state index contributed by atoms with van der Waals surface area (Å²) < 4.78 is 5.93. The van der Waals surface area contributed by atoms with E-state index in [-0.39, 0.29) is 11.3 Å². The standard InChI is InChI=1S/C31H39ClN2O3/c1-33(2)28(35)26-13-12-25(21-27(26)32)37-20-8-11-24-22-30(24)16-18-34(19-17-30)29(36)31(14-6-7-15-31)23-9-4-3-5-10-23/h3-5,9-10,12-13,21,24H,6-8,11,14-20,22H2,1-2H3. The molecule has 1 spiro atoms. The number of hydrogen-bond donors (Lipinski definition) is 0. The van der Waals surface area contributed by atoms with Gasteiger partial charge in [0.15, 0.2) is 0 Å². The molecule has 0 bridgehead atoms. The average Bonchev–Trinajstić information content (AvgIpc) is 3.32. The number of rotatable bonds is 8. The van der Waals surface area contributed by atoms with E-state index in [1.807, 2.05) is 12.1 Å². The maximum absolute atomic E-state index is 13.8. The molecule has 3 aliphatic rings. The highest BCUT2D eigenvalue weighted by Crippen LogP contribution is 2.61. The Bertz CT molecular complexity index is 1120. The first-order chi connectivity index (χ1) is 17.8. The molecule has 5 nitrogen and oxygen atoms in total. The number of piperidine rings is 1. The number of nitrogens with zero attached hydrogens (tertiary/aromatic N) is 2. The van der Waals surface area contributed by atoms with Crippen molar-refractivity contribution in [1.29, 1.82) is 0 Å². The van der Waals surface area contributed by atoms with Gasteiger partial charge in [0.1, 0.15) is 5.75 Å². The minimum atomic E-state index is -0.299. The summed E-state index contributed by atoms with van der Waals surface area (Å²) in [6, 6.07) is 15.8. The number of ether oxygens (including phenoxy) is 1. The van der Waals surface area contributed by atoms with Gasteiger partial charge in [-0.1, -0.05) is 54.8 Å². The van der Waals surface area contributed by atoms with E-state index in [2.05, 4.69) is 29.2 Å². The van der Waals surface area contributed by atoms with Crippen LogP contribution < -0.4 is 4.74 Å². The van der Waals surface area contributed by atoms with E-state index >= 15 is 0 Å². The second kappa shape index (κ2) is 10.7. The van der Waals surface area contributed by atoms with Gasteiger partial charge in [0, 0.05) is 27.2 Å². The van der Waals surface area contributed by atoms with E-state index in [1.165, 1.54) is 16.9 Å². The quantitative estimate of drug-likeness (QED) is 0.380. The third-order valence-electron chi connectivity index (χ3n) is 9.14. The highest BCUT2D eigenvalue weighted by Gasteiger charge is 2.55. The van der Waals surface area contributed by atoms with Crippen molar-refractivity contribution in [3.63, 3.8) is 0 Å². The van der Waals surface area contributed by atoms with Gasteiger partial charge in [0.2, 0.25) is 5.91 Å². The maximum atomic E-state index is 13.8. The molecule has 2 aromatic carbocycles. The Labute approximate surface area is 226 Å². The normalized spacial score (nSPS) is 21.6. The highest BCUT2D eigenvalue weighted by atomic mass is 35.5. The molecule has 3 fully saturated rings. The van der Waals surface area contributed by atoms with Crippen LogP contribution in [0.15, 0.2) is 48.5 Å². The van der Waals surface area contributed by atoms with E-state index in [4.69, 9.17) is 16.3 Å². The van der Waals surface area contributed by atoms with Crippen molar-refractivity contribution in [3.8, 4) is 5.75 Å². The van der Waals surface area contributed by atoms with Crippen molar-refractivity contribution in [2.24, 2.45) is 11.3 Å². The number of halogens is 1. The van der Waals surface area contributed by atoms with Gasteiger partial charge in [0.25, 0.3) is 5.91 Å². The van der Waals surface area contributed by atoms with Crippen molar-refractivity contribution >= 4 is 23.4 Å². The van der Waals surface area contributed by atoms with Crippen molar-refractivity contribution in [2.75, 3.05) is 33.8 Å². The molecule has 6 heteroatoms. The summed E-state index contributed by atoms with van der Waals surface area (Å²) in [4.78, 5) is 29.6. The average molecular weight is 523 g/mol. The fourth-order valence-electron chi connectivity index (χ4n) is 6.79. The lowest BCUT2D eigenvalue weighted by atomic mass is 9.76. The molecule has 0 N–H and O–H groups in total. The Balaban J connectivity index is 1.08. The van der Waals surface area contributed by atoms with Gasteiger partial charge in [-0.3, -0.25) is 9.59 Å². The van der Waals surface area contributed by atoms with Crippen LogP contribution in [0.5, 0.6) is 5.75 Å². The molecule has 1 unspecified atom stereocenters. The van der Waals surface area contributed by atoms with Crippen LogP contribution in [0.1, 0.15) is 73.7 Å². The Kier molecular flexibility index (Phi) is 7.53. The third-order valence-corrected chi connectivity index (χ3v) is 9.45. The molecule has 5 rings (SSSR count). The largest absolute Gasteiger partial charge is 0.494 e. The van der Waals surface area contributed by atoms with Gasteiger partial charge in [-0.05, 0) is 80.0 Å². The summed E-state index contributed by atoms with van der Waals surface area (Å²) in [6.07, 6.45) is 9.97. The minimum Gasteiger partial charge on any atom is -0.494 e. The van der Waals surface area contributed by atoms with Gasteiger partial charge in [-0.25, -0.2) is 0 Å². The van der Waals surface area contributed by atoms with Gasteiger partial charge >= 0.3 is 0 Å². The van der Waals surface area contributed by atoms with Crippen molar-refractivity contribution in [1.82, 2.24) is 9.80 Å². The molecule has 0 radical (unpaired) electrons. The molecule has 1 atom stereocenters. The van der Waals surface area contributed by atoms with Crippen LogP contribution in [0.2, 0.25) is 5.02 Å². The zero-order valence-electron chi connectivity index (χ0n) is 22.2. The van der Waals surface area contributed by atoms with Crippen LogP contribution in [0.3, 0.4) is 0 Å². The first-order valence-corrected chi connectivity index (χ1v) is 14.2. The monoisotopic (exact) mass is 522 g/mol. The predicted octanol–water partition coefficient (Wildman–Crippen LogP) is 6.34. The Morgan fingerprint density at radius 2 is 1.73 bits per heavy atom. The molecule has 0 aromatic heterocycles. The second-order valence-corrected chi connectivity index (χ2v) is 11.9. The number of benzene rings is 2. The lowest BCUT2D eigenvalue weighted by molar-refractivity contribution is -0.139. The summed E-state index contributed by atoms with van der Waals surface area (Å²) in [5, 5.41) is 0.422. The van der Waals surface area contributed by atoms with E-state index in [0.29, 0.717) is 34.3 Å². The number of likely N-dealkylation sites (tertiary alicyclic amines) is 1. The second-order valence-electron chi connectivity index (χ2n) is 11.5. The summed E-state index contributed by atoms with van der Waals surface area (Å²) in [5.74, 6) is 1.71. The van der Waals surface area contributed by atoms with Crippen LogP contribution in [-0.4, -0.2) is 55.4 Å². The highest BCUT2D eigenvalue weighted by molar-refractivity contribution is 6.34. The van der Waals surface area contributed by atoms with E-state index in [0.717, 1.165) is 70.4 Å². The number of hydrogen-bond acceptors (Lipinski definition) is 3. The van der Waals surface area contributed by atoms with Crippen molar-refractivity contribution < 1.29 is 14.3 Å². The SMILES string of the molecule is CN(C)C(=O)c1ccc(OCCCC2CC23CCN(C(=O)C2(c4ccccc4)CCCC2)CC3)cc1Cl. The third kappa shape index (κ3) is 5.25. The fraction of sp³-hybridized carbons (Fsp3) is 0.548. The molecular weight excluding hydrogens is 484 g/mol. The number of carbonyl (C=O) groups excluding carboxylic acids is 2. The first-order valence-electron chi connectivity index (χ1n) is 13.8. The van der Waals surface area contributed by atoms with Gasteiger partial charge in [0.05, 0.1) is 22.6 Å². The summed E-state index contributed by atoms with van der Waals surface area (Å²) in [6.45, 7) is 2.45. The van der Waals surface area contributed by atoms with Crippen LogP contribution in [0.4, 0.5) is 0 Å². The maximum Gasteiger partial charge on any atom is 0.254 e. The van der Waals surface area contributed by atoms with Gasteiger partial charge in [-0.15, -0.1) is 0 Å². The van der Waals surface area contributed by atoms with E-state index in [1.54, 1.807) is 26.2 Å². The summed E-state index contributed by atoms with van der Waals surface area (Å²) in [7, 11) is 3.43. The van der Waals surface area contributed by atoms with E-state index in [9.17, 15) is 9.59 Å². The van der Waals surface area contributed by atoms with E-state index < -0.39 is 0 Å². The molecule has 2 saturated carbocycles. The molecule has 37 heavy (non-hydrogen) atoms. The van der Waals surface area contributed by atoms with Crippen LogP contribution in [0.25, 0.3) is 0 Å².